The van der Waals surface area contributed by atoms with Crippen molar-refractivity contribution in [2.45, 2.75) is 46.1 Å². The minimum atomic E-state index is 0.344. The van der Waals surface area contributed by atoms with Crippen LogP contribution in [0.15, 0.2) is 24.5 Å². The van der Waals surface area contributed by atoms with Crippen molar-refractivity contribution in [1.82, 2.24) is 9.88 Å². The van der Waals surface area contributed by atoms with E-state index in [1.165, 1.54) is 24.8 Å². The summed E-state index contributed by atoms with van der Waals surface area (Å²) in [6.45, 7) is 10.1. The molecule has 20 heavy (non-hydrogen) atoms. The van der Waals surface area contributed by atoms with Gasteiger partial charge in [0.2, 0.25) is 0 Å². The molecule has 1 fully saturated rings. The number of aromatic nitrogens is 1. The predicted molar refractivity (Wildman–Crippen MR) is 84.4 cm³/mol. The maximum absolute atomic E-state index is 6.05. The van der Waals surface area contributed by atoms with Gasteiger partial charge in [0, 0.05) is 25.0 Å². The summed E-state index contributed by atoms with van der Waals surface area (Å²) >= 11 is 0. The molecular weight excluding hydrogens is 246 g/mol. The van der Waals surface area contributed by atoms with Crippen LogP contribution in [0.4, 0.5) is 0 Å². The lowest BCUT2D eigenvalue weighted by Crippen LogP contribution is -2.35. The first-order valence-corrected chi connectivity index (χ1v) is 7.86. The zero-order valence-electron chi connectivity index (χ0n) is 13.2. The van der Waals surface area contributed by atoms with Gasteiger partial charge >= 0.3 is 0 Å². The molecule has 0 spiro atoms. The van der Waals surface area contributed by atoms with Crippen LogP contribution in [-0.4, -0.2) is 29.5 Å². The van der Waals surface area contributed by atoms with Crippen LogP contribution in [0.1, 0.15) is 51.6 Å². The molecule has 112 valence electrons. The van der Waals surface area contributed by atoms with Gasteiger partial charge in [-0.1, -0.05) is 20.8 Å². The number of pyridine rings is 1. The summed E-state index contributed by atoms with van der Waals surface area (Å²) in [7, 11) is 0. The Morgan fingerprint density at radius 2 is 1.95 bits per heavy atom. The Balaban J connectivity index is 2.05. The van der Waals surface area contributed by atoms with E-state index >= 15 is 0 Å². The molecule has 1 aromatic rings. The van der Waals surface area contributed by atoms with Gasteiger partial charge in [0.1, 0.15) is 0 Å². The van der Waals surface area contributed by atoms with Crippen molar-refractivity contribution < 1.29 is 0 Å². The average Bonchev–Trinajstić information content (AvgIpc) is 2.67. The molecule has 0 aromatic carbocycles. The molecule has 0 amide bonds. The second-order valence-corrected chi connectivity index (χ2v) is 7.06. The van der Waals surface area contributed by atoms with Crippen molar-refractivity contribution in [2.75, 3.05) is 19.6 Å². The van der Waals surface area contributed by atoms with E-state index in [2.05, 4.69) is 42.8 Å². The highest BCUT2D eigenvalue weighted by Gasteiger charge is 2.29. The molecule has 1 saturated heterocycles. The molecule has 0 bridgehead atoms. The highest BCUT2D eigenvalue weighted by atomic mass is 15.2. The monoisotopic (exact) mass is 275 g/mol. The van der Waals surface area contributed by atoms with Crippen LogP contribution in [-0.2, 0) is 0 Å². The zero-order chi connectivity index (χ0) is 14.6. The second-order valence-electron chi connectivity index (χ2n) is 7.06. The van der Waals surface area contributed by atoms with E-state index in [4.69, 9.17) is 5.73 Å². The summed E-state index contributed by atoms with van der Waals surface area (Å²) in [6.07, 6.45) is 7.64. The molecule has 0 saturated carbocycles. The van der Waals surface area contributed by atoms with Crippen LogP contribution in [0.2, 0.25) is 0 Å². The molecule has 2 atom stereocenters. The highest BCUT2D eigenvalue weighted by Crippen LogP contribution is 2.35. The van der Waals surface area contributed by atoms with Crippen LogP contribution in [0.25, 0.3) is 0 Å². The van der Waals surface area contributed by atoms with E-state index in [0.29, 0.717) is 18.0 Å². The van der Waals surface area contributed by atoms with Gasteiger partial charge in [-0.2, -0.15) is 0 Å². The van der Waals surface area contributed by atoms with E-state index in [-0.39, 0.29) is 0 Å². The summed E-state index contributed by atoms with van der Waals surface area (Å²) in [5, 5.41) is 0. The summed E-state index contributed by atoms with van der Waals surface area (Å²) in [4.78, 5) is 6.68. The molecule has 2 unspecified atom stereocenters. The summed E-state index contributed by atoms with van der Waals surface area (Å²) in [5.74, 6) is 0.823. The lowest BCUT2D eigenvalue weighted by atomic mass is 9.77. The first-order chi connectivity index (χ1) is 9.52. The fraction of sp³-hybridized carbons (Fsp3) is 0.706. The topological polar surface area (TPSA) is 42.1 Å². The average molecular weight is 275 g/mol. The molecule has 1 aliphatic rings. The first-order valence-electron chi connectivity index (χ1n) is 7.86. The van der Waals surface area contributed by atoms with Crippen molar-refractivity contribution in [3.63, 3.8) is 0 Å². The SMILES string of the molecule is CC(C)(C)C1CCCN(C(CN)c2ccncc2)CC1. The lowest BCUT2D eigenvalue weighted by Gasteiger charge is -2.32. The van der Waals surface area contributed by atoms with Gasteiger partial charge in [0.15, 0.2) is 0 Å². The van der Waals surface area contributed by atoms with Gasteiger partial charge in [-0.3, -0.25) is 9.88 Å². The summed E-state index contributed by atoms with van der Waals surface area (Å²) in [5.41, 5.74) is 7.77. The molecule has 3 nitrogen and oxygen atoms in total. The third-order valence-electron chi connectivity index (χ3n) is 4.74. The van der Waals surface area contributed by atoms with Crippen molar-refractivity contribution in [1.29, 1.82) is 0 Å². The van der Waals surface area contributed by atoms with Gasteiger partial charge < -0.3 is 5.73 Å². The third kappa shape index (κ3) is 3.80. The Hall–Kier alpha value is -0.930. The smallest absolute Gasteiger partial charge is 0.0471 e. The van der Waals surface area contributed by atoms with Crippen LogP contribution in [0.5, 0.6) is 0 Å². The molecule has 1 aliphatic heterocycles. The number of nitrogens with zero attached hydrogens (tertiary/aromatic N) is 2. The lowest BCUT2D eigenvalue weighted by molar-refractivity contribution is 0.185. The maximum atomic E-state index is 6.05. The summed E-state index contributed by atoms with van der Waals surface area (Å²) in [6, 6.07) is 4.55. The number of rotatable bonds is 3. The van der Waals surface area contributed by atoms with Crippen molar-refractivity contribution in [3.05, 3.63) is 30.1 Å². The zero-order valence-corrected chi connectivity index (χ0v) is 13.2. The van der Waals surface area contributed by atoms with Crippen LogP contribution < -0.4 is 5.73 Å². The first kappa shape index (κ1) is 15.5. The predicted octanol–water partition coefficient (Wildman–Crippen LogP) is 3.23. The Bertz CT molecular complexity index is 396. The number of hydrogen-bond acceptors (Lipinski definition) is 3. The Morgan fingerprint density at radius 3 is 2.55 bits per heavy atom. The minimum absolute atomic E-state index is 0.344. The number of nitrogens with two attached hydrogens (primary N) is 1. The van der Waals surface area contributed by atoms with Gasteiger partial charge in [0.05, 0.1) is 0 Å². The standard InChI is InChI=1S/C17H29N3/c1-17(2,3)15-5-4-11-20(12-8-15)16(13-18)14-6-9-19-10-7-14/h6-7,9-10,15-16H,4-5,8,11-13,18H2,1-3H3. The molecule has 0 aliphatic carbocycles. The van der Waals surface area contributed by atoms with Gasteiger partial charge in [-0.15, -0.1) is 0 Å². The molecule has 2 rings (SSSR count). The van der Waals surface area contributed by atoms with Gasteiger partial charge in [-0.05, 0) is 61.4 Å². The molecule has 1 aromatic heterocycles. The second kappa shape index (κ2) is 6.68. The Kier molecular flexibility index (Phi) is 5.17. The maximum Gasteiger partial charge on any atom is 0.0471 e. The number of hydrogen-bond donors (Lipinski definition) is 1. The molecular formula is C17H29N3. The fourth-order valence-corrected chi connectivity index (χ4v) is 3.38. The summed E-state index contributed by atoms with van der Waals surface area (Å²) < 4.78 is 0. The van der Waals surface area contributed by atoms with E-state index < -0.39 is 0 Å². The normalized spacial score (nSPS) is 23.3. The van der Waals surface area contributed by atoms with Crippen molar-refractivity contribution in [2.24, 2.45) is 17.1 Å². The molecule has 3 heteroatoms. The van der Waals surface area contributed by atoms with E-state index in [9.17, 15) is 0 Å². The highest BCUT2D eigenvalue weighted by molar-refractivity contribution is 5.15. The molecule has 2 heterocycles. The molecule has 2 N–H and O–H groups in total. The van der Waals surface area contributed by atoms with Crippen LogP contribution in [0.3, 0.4) is 0 Å². The Morgan fingerprint density at radius 1 is 1.25 bits per heavy atom. The largest absolute Gasteiger partial charge is 0.329 e. The van der Waals surface area contributed by atoms with Crippen molar-refractivity contribution in [3.8, 4) is 0 Å². The fourth-order valence-electron chi connectivity index (χ4n) is 3.38. The van der Waals surface area contributed by atoms with E-state index in [1.54, 1.807) is 0 Å². The van der Waals surface area contributed by atoms with Gasteiger partial charge in [0.25, 0.3) is 0 Å². The quantitative estimate of drug-likeness (QED) is 0.921. The minimum Gasteiger partial charge on any atom is -0.329 e. The van der Waals surface area contributed by atoms with E-state index in [0.717, 1.165) is 19.0 Å². The van der Waals surface area contributed by atoms with Crippen LogP contribution in [0, 0.1) is 11.3 Å². The molecule has 0 radical (unpaired) electrons. The third-order valence-corrected chi connectivity index (χ3v) is 4.74. The van der Waals surface area contributed by atoms with Gasteiger partial charge in [-0.25, -0.2) is 0 Å². The van der Waals surface area contributed by atoms with Crippen molar-refractivity contribution >= 4 is 0 Å². The van der Waals surface area contributed by atoms with E-state index in [1.807, 2.05) is 12.4 Å². The van der Waals surface area contributed by atoms with Crippen LogP contribution >= 0.6 is 0 Å². The Labute approximate surface area is 123 Å². The number of likely N-dealkylation sites (tertiary alicyclic amines) is 1.